The summed E-state index contributed by atoms with van der Waals surface area (Å²) in [5.74, 6) is 0.651. The number of rotatable bonds is 6. The minimum Gasteiger partial charge on any atom is -0.420 e. The van der Waals surface area contributed by atoms with Gasteiger partial charge in [0.1, 0.15) is 0 Å². The predicted molar refractivity (Wildman–Crippen MR) is 142 cm³/mol. The number of fused-ring (bicyclic) bond motifs is 1. The van der Waals surface area contributed by atoms with Gasteiger partial charge in [-0.05, 0) is 61.2 Å². The van der Waals surface area contributed by atoms with Gasteiger partial charge in [-0.25, -0.2) is 4.98 Å². The first-order chi connectivity index (χ1) is 18.6. The van der Waals surface area contributed by atoms with Gasteiger partial charge >= 0.3 is 0 Å². The van der Waals surface area contributed by atoms with Gasteiger partial charge in [0.25, 0.3) is 5.91 Å². The van der Waals surface area contributed by atoms with Crippen LogP contribution < -0.4 is 5.32 Å². The van der Waals surface area contributed by atoms with Crippen LogP contribution in [0.1, 0.15) is 44.4 Å². The average Bonchev–Trinajstić information content (AvgIpc) is 3.60. The standard InChI is InChI=1S/C28H26N6O3S/c29-17-18-4-6-20(7-5-18)27-33-32-25(37-27)15-19-2-1-3-21(14-19)26(35)31-28-30-23-9-8-22(16-24(23)38-28)34-10-12-36-13-11-34/h1-7,14,22H,8-13,15-16H2,(H,30,31,35). The van der Waals surface area contributed by atoms with Crippen LogP contribution in [0.2, 0.25) is 0 Å². The van der Waals surface area contributed by atoms with Gasteiger partial charge in [0, 0.05) is 35.1 Å². The molecule has 10 heteroatoms. The number of nitriles is 1. The third-order valence-corrected chi connectivity index (χ3v) is 8.00. The minimum atomic E-state index is -0.188. The Morgan fingerprint density at radius 2 is 2.00 bits per heavy atom. The second-order valence-corrected chi connectivity index (χ2v) is 10.5. The van der Waals surface area contributed by atoms with E-state index in [2.05, 4.69) is 26.5 Å². The summed E-state index contributed by atoms with van der Waals surface area (Å²) in [7, 11) is 0. The van der Waals surface area contributed by atoms with Crippen molar-refractivity contribution in [3.8, 4) is 17.5 Å². The number of anilines is 1. The van der Waals surface area contributed by atoms with Gasteiger partial charge in [0.05, 0.1) is 37.0 Å². The summed E-state index contributed by atoms with van der Waals surface area (Å²) in [4.78, 5) is 21.6. The van der Waals surface area contributed by atoms with Crippen LogP contribution in [0.4, 0.5) is 5.13 Å². The van der Waals surface area contributed by atoms with Gasteiger partial charge in [-0.3, -0.25) is 15.0 Å². The zero-order valence-electron chi connectivity index (χ0n) is 20.7. The Morgan fingerprint density at radius 1 is 1.16 bits per heavy atom. The number of thiazole rings is 1. The van der Waals surface area contributed by atoms with Crippen LogP contribution in [0, 0.1) is 11.3 Å². The Balaban J connectivity index is 1.10. The molecule has 0 saturated carbocycles. The van der Waals surface area contributed by atoms with E-state index in [1.807, 2.05) is 18.2 Å². The molecule has 1 atom stereocenters. The van der Waals surface area contributed by atoms with Crippen molar-refractivity contribution in [2.24, 2.45) is 0 Å². The van der Waals surface area contributed by atoms with Crippen molar-refractivity contribution >= 4 is 22.4 Å². The first-order valence-electron chi connectivity index (χ1n) is 12.7. The van der Waals surface area contributed by atoms with Gasteiger partial charge in [0.2, 0.25) is 11.8 Å². The molecule has 3 heterocycles. The highest BCUT2D eigenvalue weighted by Crippen LogP contribution is 2.32. The fourth-order valence-corrected chi connectivity index (χ4v) is 6.03. The van der Waals surface area contributed by atoms with Gasteiger partial charge in [-0.15, -0.1) is 21.5 Å². The van der Waals surface area contributed by atoms with Gasteiger partial charge in [0.15, 0.2) is 5.13 Å². The van der Waals surface area contributed by atoms with Crippen molar-refractivity contribution in [1.82, 2.24) is 20.1 Å². The van der Waals surface area contributed by atoms with E-state index in [1.165, 1.54) is 4.88 Å². The van der Waals surface area contributed by atoms with E-state index in [4.69, 9.17) is 19.4 Å². The Labute approximate surface area is 224 Å². The molecule has 0 spiro atoms. The van der Waals surface area contributed by atoms with Crippen molar-refractivity contribution in [2.75, 3.05) is 31.6 Å². The van der Waals surface area contributed by atoms with Gasteiger partial charge < -0.3 is 9.15 Å². The second kappa shape index (κ2) is 10.8. The molecule has 2 aliphatic rings. The summed E-state index contributed by atoms with van der Waals surface area (Å²) in [6, 6.07) is 17.0. The Kier molecular flexibility index (Phi) is 6.96. The van der Waals surface area contributed by atoms with E-state index in [1.54, 1.807) is 41.7 Å². The minimum absolute atomic E-state index is 0.188. The maximum atomic E-state index is 13.0. The van der Waals surface area contributed by atoms with Crippen molar-refractivity contribution < 1.29 is 13.9 Å². The largest absolute Gasteiger partial charge is 0.420 e. The lowest BCUT2D eigenvalue weighted by Crippen LogP contribution is -2.45. The maximum absolute atomic E-state index is 13.0. The number of carbonyl (C=O) groups is 1. The van der Waals surface area contributed by atoms with Crippen LogP contribution in [0.25, 0.3) is 11.5 Å². The molecule has 2 aromatic carbocycles. The molecule has 1 fully saturated rings. The quantitative estimate of drug-likeness (QED) is 0.399. The lowest BCUT2D eigenvalue weighted by molar-refractivity contribution is 0.0139. The zero-order chi connectivity index (χ0) is 25.9. The topological polar surface area (TPSA) is 117 Å². The zero-order valence-corrected chi connectivity index (χ0v) is 21.5. The average molecular weight is 527 g/mol. The lowest BCUT2D eigenvalue weighted by Gasteiger charge is -2.36. The molecule has 1 aliphatic carbocycles. The Bertz CT molecular complexity index is 1480. The number of morpholine rings is 1. The second-order valence-electron chi connectivity index (χ2n) is 9.46. The molecule has 2 aromatic heterocycles. The monoisotopic (exact) mass is 526 g/mol. The van der Waals surface area contributed by atoms with E-state index < -0.39 is 0 Å². The number of carbonyl (C=O) groups excluding carboxylic acids is 1. The molecule has 192 valence electrons. The number of aryl methyl sites for hydroxylation is 1. The number of ether oxygens (including phenoxy) is 1. The van der Waals surface area contributed by atoms with E-state index in [-0.39, 0.29) is 5.91 Å². The maximum Gasteiger partial charge on any atom is 0.257 e. The number of aromatic nitrogens is 3. The van der Waals surface area contributed by atoms with E-state index in [0.717, 1.165) is 62.4 Å². The fourth-order valence-electron chi connectivity index (χ4n) is 4.96. The molecular formula is C28H26N6O3S. The first-order valence-corrected chi connectivity index (χ1v) is 13.5. The molecule has 0 bridgehead atoms. The van der Waals surface area contributed by atoms with Crippen LogP contribution >= 0.6 is 11.3 Å². The van der Waals surface area contributed by atoms with E-state index in [9.17, 15) is 4.79 Å². The molecule has 1 aliphatic heterocycles. The molecule has 1 unspecified atom stereocenters. The normalized spacial score (nSPS) is 17.5. The van der Waals surface area contributed by atoms with Crippen LogP contribution in [-0.4, -0.2) is 58.3 Å². The van der Waals surface area contributed by atoms with Crippen molar-refractivity contribution in [3.05, 3.63) is 81.7 Å². The number of hydrogen-bond donors (Lipinski definition) is 1. The molecule has 38 heavy (non-hydrogen) atoms. The molecule has 1 saturated heterocycles. The number of nitrogens with zero attached hydrogens (tertiary/aromatic N) is 5. The van der Waals surface area contributed by atoms with Crippen molar-refractivity contribution in [1.29, 1.82) is 5.26 Å². The van der Waals surface area contributed by atoms with Crippen molar-refractivity contribution in [2.45, 2.75) is 31.7 Å². The summed E-state index contributed by atoms with van der Waals surface area (Å²) in [5.41, 5.74) is 3.86. The molecule has 1 N–H and O–H groups in total. The smallest absolute Gasteiger partial charge is 0.257 e. The summed E-state index contributed by atoms with van der Waals surface area (Å²) >= 11 is 1.58. The number of hydrogen-bond acceptors (Lipinski definition) is 9. The molecular weight excluding hydrogens is 500 g/mol. The molecule has 0 radical (unpaired) electrons. The SMILES string of the molecule is N#Cc1ccc(-c2nnc(Cc3cccc(C(=O)Nc4nc5c(s4)CC(N4CCOCC4)CC5)c3)o2)cc1. The molecule has 4 aromatic rings. The number of amides is 1. The van der Waals surface area contributed by atoms with Crippen LogP contribution in [0.3, 0.4) is 0 Å². The highest BCUT2D eigenvalue weighted by Gasteiger charge is 2.28. The third-order valence-electron chi connectivity index (χ3n) is 6.97. The number of nitrogens with one attached hydrogen (secondary N) is 1. The van der Waals surface area contributed by atoms with Crippen molar-refractivity contribution in [3.63, 3.8) is 0 Å². The summed E-state index contributed by atoms with van der Waals surface area (Å²) in [5, 5.41) is 20.9. The summed E-state index contributed by atoms with van der Waals surface area (Å²) < 4.78 is 11.3. The van der Waals surface area contributed by atoms with E-state index >= 15 is 0 Å². The Hall–Kier alpha value is -3.91. The highest BCUT2D eigenvalue weighted by molar-refractivity contribution is 7.15. The lowest BCUT2D eigenvalue weighted by atomic mass is 9.96. The predicted octanol–water partition coefficient (Wildman–Crippen LogP) is 4.10. The summed E-state index contributed by atoms with van der Waals surface area (Å²) in [6.07, 6.45) is 3.41. The molecule has 1 amide bonds. The fraction of sp³-hybridized carbons (Fsp3) is 0.321. The first kappa shape index (κ1) is 24.4. The Morgan fingerprint density at radius 3 is 2.82 bits per heavy atom. The van der Waals surface area contributed by atoms with Crippen LogP contribution in [0.5, 0.6) is 0 Å². The molecule has 6 rings (SSSR count). The molecule has 9 nitrogen and oxygen atoms in total. The van der Waals surface area contributed by atoms with Gasteiger partial charge in [-0.2, -0.15) is 5.26 Å². The van der Waals surface area contributed by atoms with Crippen LogP contribution in [0.15, 0.2) is 52.9 Å². The highest BCUT2D eigenvalue weighted by atomic mass is 32.1. The van der Waals surface area contributed by atoms with Crippen LogP contribution in [-0.2, 0) is 24.0 Å². The van der Waals surface area contributed by atoms with E-state index in [0.29, 0.717) is 40.5 Å². The van der Waals surface area contributed by atoms with Gasteiger partial charge in [-0.1, -0.05) is 12.1 Å². The number of benzene rings is 2. The third kappa shape index (κ3) is 5.36. The summed E-state index contributed by atoms with van der Waals surface area (Å²) in [6.45, 7) is 3.58.